The molecular formula is C13H13NO3. The first-order valence-electron chi connectivity index (χ1n) is 5.71. The second kappa shape index (κ2) is 3.89. The van der Waals surface area contributed by atoms with Gasteiger partial charge in [0.2, 0.25) is 5.76 Å². The number of furan rings is 1. The molecule has 1 aliphatic heterocycles. The summed E-state index contributed by atoms with van der Waals surface area (Å²) in [5.41, 5.74) is 1.89. The van der Waals surface area contributed by atoms with Gasteiger partial charge in [-0.3, -0.25) is 0 Å². The van der Waals surface area contributed by atoms with E-state index in [1.807, 2.05) is 18.2 Å². The Morgan fingerprint density at radius 1 is 1.41 bits per heavy atom. The molecule has 0 radical (unpaired) electrons. The normalized spacial score (nSPS) is 19.9. The van der Waals surface area contributed by atoms with E-state index in [1.165, 1.54) is 5.56 Å². The number of aromatic carboxylic acids is 1. The van der Waals surface area contributed by atoms with Crippen molar-refractivity contribution in [1.29, 1.82) is 0 Å². The molecule has 1 atom stereocenters. The number of carboxylic acid groups (broad SMARTS) is 1. The quantitative estimate of drug-likeness (QED) is 0.831. The van der Waals surface area contributed by atoms with Crippen LogP contribution in [-0.2, 0) is 0 Å². The Bertz CT molecular complexity index is 567. The van der Waals surface area contributed by atoms with Crippen LogP contribution < -0.4 is 5.32 Å². The van der Waals surface area contributed by atoms with Gasteiger partial charge in [-0.25, -0.2) is 4.79 Å². The van der Waals surface area contributed by atoms with Crippen molar-refractivity contribution in [3.05, 3.63) is 35.6 Å². The molecule has 3 rings (SSSR count). The second-order valence-electron chi connectivity index (χ2n) is 4.40. The zero-order valence-corrected chi connectivity index (χ0v) is 9.27. The lowest BCUT2D eigenvalue weighted by Crippen LogP contribution is -2.07. The first-order chi connectivity index (χ1) is 8.24. The molecule has 0 spiro atoms. The van der Waals surface area contributed by atoms with Crippen LogP contribution >= 0.6 is 0 Å². The highest BCUT2D eigenvalue weighted by Gasteiger charge is 2.18. The van der Waals surface area contributed by atoms with Gasteiger partial charge < -0.3 is 14.8 Å². The number of hydrogen-bond acceptors (Lipinski definition) is 3. The first-order valence-corrected chi connectivity index (χ1v) is 5.71. The first kappa shape index (κ1) is 10.4. The highest BCUT2D eigenvalue weighted by atomic mass is 16.4. The van der Waals surface area contributed by atoms with E-state index in [1.54, 1.807) is 6.07 Å². The summed E-state index contributed by atoms with van der Waals surface area (Å²) in [6, 6.07) is 7.50. The lowest BCUT2D eigenvalue weighted by molar-refractivity contribution is 0.0665. The lowest BCUT2D eigenvalue weighted by Gasteiger charge is -2.07. The fourth-order valence-electron chi connectivity index (χ4n) is 2.36. The molecule has 1 fully saturated rings. The number of nitrogens with one attached hydrogen (secondary N) is 1. The van der Waals surface area contributed by atoms with E-state index in [-0.39, 0.29) is 5.76 Å². The minimum atomic E-state index is -1.02. The molecule has 1 saturated heterocycles. The summed E-state index contributed by atoms with van der Waals surface area (Å²) in [6.45, 7) is 2.05. The van der Waals surface area contributed by atoms with Crippen molar-refractivity contribution in [3.8, 4) is 0 Å². The maximum atomic E-state index is 10.8. The van der Waals surface area contributed by atoms with Gasteiger partial charge in [-0.15, -0.1) is 0 Å². The van der Waals surface area contributed by atoms with Crippen LogP contribution in [0.2, 0.25) is 0 Å². The van der Waals surface area contributed by atoms with Gasteiger partial charge in [-0.1, -0.05) is 6.07 Å². The van der Waals surface area contributed by atoms with Crippen molar-refractivity contribution in [2.75, 3.05) is 13.1 Å². The standard InChI is InChI=1S/C13H13NO3/c15-13(16)12-6-10-5-8(1-2-11(10)17-12)9-3-4-14-7-9/h1-2,5-6,9,14H,3-4,7H2,(H,15,16). The molecule has 1 aromatic heterocycles. The minimum absolute atomic E-state index is 0.00157. The molecule has 4 heteroatoms. The van der Waals surface area contributed by atoms with Crippen LogP contribution in [0, 0.1) is 0 Å². The summed E-state index contributed by atoms with van der Waals surface area (Å²) in [4.78, 5) is 10.8. The SMILES string of the molecule is O=C(O)c1cc2cc(C3CCNC3)ccc2o1. The Kier molecular flexibility index (Phi) is 2.37. The van der Waals surface area contributed by atoms with E-state index >= 15 is 0 Å². The Morgan fingerprint density at radius 2 is 2.29 bits per heavy atom. The third-order valence-electron chi connectivity index (χ3n) is 3.28. The van der Waals surface area contributed by atoms with E-state index in [4.69, 9.17) is 9.52 Å². The summed E-state index contributed by atoms with van der Waals surface area (Å²) in [6.07, 6.45) is 1.13. The van der Waals surface area contributed by atoms with Crippen LogP contribution in [0.5, 0.6) is 0 Å². The molecule has 0 aliphatic carbocycles. The van der Waals surface area contributed by atoms with Gasteiger partial charge in [0.1, 0.15) is 5.58 Å². The fourth-order valence-corrected chi connectivity index (χ4v) is 2.36. The fraction of sp³-hybridized carbons (Fsp3) is 0.308. The predicted octanol–water partition coefficient (Wildman–Crippen LogP) is 2.21. The zero-order chi connectivity index (χ0) is 11.8. The average Bonchev–Trinajstić information content (AvgIpc) is 2.97. The molecule has 17 heavy (non-hydrogen) atoms. The number of carboxylic acids is 1. The summed E-state index contributed by atoms with van der Waals surface area (Å²) >= 11 is 0. The van der Waals surface area contributed by atoms with Gasteiger partial charge in [0.25, 0.3) is 0 Å². The van der Waals surface area contributed by atoms with Crippen molar-refractivity contribution < 1.29 is 14.3 Å². The van der Waals surface area contributed by atoms with Crippen LogP contribution in [-0.4, -0.2) is 24.2 Å². The number of fused-ring (bicyclic) bond motifs is 1. The third-order valence-corrected chi connectivity index (χ3v) is 3.28. The highest BCUT2D eigenvalue weighted by Crippen LogP contribution is 2.27. The van der Waals surface area contributed by atoms with E-state index in [0.29, 0.717) is 11.5 Å². The van der Waals surface area contributed by atoms with Gasteiger partial charge >= 0.3 is 5.97 Å². The Hall–Kier alpha value is -1.81. The molecule has 2 N–H and O–H groups in total. The highest BCUT2D eigenvalue weighted by molar-refractivity contribution is 5.91. The molecule has 0 bridgehead atoms. The second-order valence-corrected chi connectivity index (χ2v) is 4.40. The Morgan fingerprint density at radius 3 is 3.00 bits per heavy atom. The van der Waals surface area contributed by atoms with Crippen LogP contribution in [0.3, 0.4) is 0 Å². The van der Waals surface area contributed by atoms with Gasteiger partial charge in [-0.2, -0.15) is 0 Å². The van der Waals surface area contributed by atoms with Gasteiger partial charge in [0.15, 0.2) is 0 Å². The molecule has 2 aromatic rings. The minimum Gasteiger partial charge on any atom is -0.475 e. The number of benzene rings is 1. The molecule has 0 amide bonds. The number of hydrogen-bond donors (Lipinski definition) is 2. The Balaban J connectivity index is 2.02. The summed E-state index contributed by atoms with van der Waals surface area (Å²) in [5.74, 6) is -0.491. The van der Waals surface area contributed by atoms with Crippen molar-refractivity contribution >= 4 is 16.9 Å². The van der Waals surface area contributed by atoms with Crippen LogP contribution in [0.15, 0.2) is 28.7 Å². The summed E-state index contributed by atoms with van der Waals surface area (Å²) < 4.78 is 5.23. The summed E-state index contributed by atoms with van der Waals surface area (Å²) in [7, 11) is 0. The average molecular weight is 231 g/mol. The maximum Gasteiger partial charge on any atom is 0.371 e. The maximum absolute atomic E-state index is 10.8. The topological polar surface area (TPSA) is 62.5 Å². The molecule has 1 aromatic carbocycles. The molecule has 88 valence electrons. The van der Waals surface area contributed by atoms with Crippen molar-refractivity contribution in [3.63, 3.8) is 0 Å². The monoisotopic (exact) mass is 231 g/mol. The Labute approximate surface area is 98.2 Å². The van der Waals surface area contributed by atoms with Gasteiger partial charge in [0, 0.05) is 11.9 Å². The number of carbonyl (C=O) groups is 1. The van der Waals surface area contributed by atoms with E-state index < -0.39 is 5.97 Å². The van der Waals surface area contributed by atoms with Crippen LogP contribution in [0.25, 0.3) is 11.0 Å². The van der Waals surface area contributed by atoms with E-state index in [2.05, 4.69) is 5.32 Å². The summed E-state index contributed by atoms with van der Waals surface area (Å²) in [5, 5.41) is 13.1. The van der Waals surface area contributed by atoms with Crippen molar-refractivity contribution in [2.24, 2.45) is 0 Å². The molecule has 0 saturated carbocycles. The largest absolute Gasteiger partial charge is 0.475 e. The number of rotatable bonds is 2. The predicted molar refractivity (Wildman–Crippen MR) is 63.4 cm³/mol. The molecule has 4 nitrogen and oxygen atoms in total. The third kappa shape index (κ3) is 1.80. The lowest BCUT2D eigenvalue weighted by atomic mass is 9.97. The molecule has 1 unspecified atom stereocenters. The van der Waals surface area contributed by atoms with Gasteiger partial charge in [-0.05, 0) is 42.6 Å². The van der Waals surface area contributed by atoms with Crippen LogP contribution in [0.4, 0.5) is 0 Å². The molecule has 1 aliphatic rings. The van der Waals surface area contributed by atoms with Crippen molar-refractivity contribution in [2.45, 2.75) is 12.3 Å². The zero-order valence-electron chi connectivity index (χ0n) is 9.27. The van der Waals surface area contributed by atoms with Crippen molar-refractivity contribution in [1.82, 2.24) is 5.32 Å². The van der Waals surface area contributed by atoms with E-state index in [9.17, 15) is 4.79 Å². The smallest absolute Gasteiger partial charge is 0.371 e. The molecular weight excluding hydrogens is 218 g/mol. The van der Waals surface area contributed by atoms with E-state index in [0.717, 1.165) is 24.9 Å². The molecule has 2 heterocycles. The van der Waals surface area contributed by atoms with Gasteiger partial charge in [0.05, 0.1) is 0 Å². The van der Waals surface area contributed by atoms with Crippen LogP contribution in [0.1, 0.15) is 28.5 Å².